The maximum absolute atomic E-state index is 12.4. The van der Waals surface area contributed by atoms with Gasteiger partial charge in [0, 0.05) is 24.4 Å². The fraction of sp³-hybridized carbons (Fsp3) is 0.556. The van der Waals surface area contributed by atoms with E-state index in [4.69, 9.17) is 5.73 Å². The van der Waals surface area contributed by atoms with Crippen molar-refractivity contribution in [2.24, 2.45) is 11.7 Å². The van der Waals surface area contributed by atoms with Gasteiger partial charge in [0.2, 0.25) is 5.91 Å². The molecular formula is C18H27N3O2S. The molecular weight excluding hydrogens is 322 g/mol. The van der Waals surface area contributed by atoms with Crippen LogP contribution in [0.5, 0.6) is 0 Å². The van der Waals surface area contributed by atoms with E-state index in [0.717, 1.165) is 24.2 Å². The summed E-state index contributed by atoms with van der Waals surface area (Å²) in [6, 6.07) is 8.28. The van der Waals surface area contributed by atoms with E-state index < -0.39 is 0 Å². The van der Waals surface area contributed by atoms with Crippen LogP contribution in [0, 0.1) is 5.92 Å². The van der Waals surface area contributed by atoms with Gasteiger partial charge in [-0.3, -0.25) is 4.79 Å². The van der Waals surface area contributed by atoms with Gasteiger partial charge in [-0.15, -0.1) is 11.8 Å². The van der Waals surface area contributed by atoms with Crippen LogP contribution in [0.25, 0.3) is 0 Å². The van der Waals surface area contributed by atoms with Gasteiger partial charge >= 0.3 is 6.03 Å². The Balaban J connectivity index is 1.82. The van der Waals surface area contributed by atoms with Gasteiger partial charge in [-0.1, -0.05) is 19.1 Å². The molecule has 0 aromatic heterocycles. The number of rotatable bonds is 6. The van der Waals surface area contributed by atoms with Crippen molar-refractivity contribution in [1.82, 2.24) is 10.2 Å². The number of hydrogen-bond donors (Lipinski definition) is 2. The Hall–Kier alpha value is -1.69. The first kappa shape index (κ1) is 18.6. The number of thioether (sulfide) groups is 1. The zero-order valence-electron chi connectivity index (χ0n) is 14.5. The van der Waals surface area contributed by atoms with Crippen molar-refractivity contribution in [3.8, 4) is 0 Å². The lowest BCUT2D eigenvalue weighted by Gasteiger charge is -2.32. The minimum Gasteiger partial charge on any atom is -0.370 e. The molecule has 5 nitrogen and oxygen atoms in total. The molecule has 0 spiro atoms. The molecule has 1 fully saturated rings. The van der Waals surface area contributed by atoms with Crippen molar-refractivity contribution < 1.29 is 9.59 Å². The predicted molar refractivity (Wildman–Crippen MR) is 97.9 cm³/mol. The first-order valence-electron chi connectivity index (χ1n) is 8.56. The number of likely N-dealkylation sites (tertiary alicyclic amines) is 1. The van der Waals surface area contributed by atoms with Crippen LogP contribution in [-0.2, 0) is 4.79 Å². The van der Waals surface area contributed by atoms with E-state index in [1.54, 1.807) is 0 Å². The van der Waals surface area contributed by atoms with E-state index in [1.165, 1.54) is 4.90 Å². The van der Waals surface area contributed by atoms with Crippen molar-refractivity contribution in [2.45, 2.75) is 44.0 Å². The number of benzene rings is 1. The smallest absolute Gasteiger partial charge is 0.317 e. The zero-order chi connectivity index (χ0) is 17.5. The standard InChI is InChI=1S/C18H27N3O2S/c1-3-24-16-6-4-15(5-7-16)13(2)20-18(23)21-10-8-14(9-11-21)12-17(19)22/h4-7,13-14H,3,8-12H2,1-2H3,(H2,19,22)(H,20,23)/t13-/m0/s1. The van der Waals surface area contributed by atoms with E-state index in [2.05, 4.69) is 36.5 Å². The molecule has 0 saturated carbocycles. The molecule has 3 amide bonds. The monoisotopic (exact) mass is 349 g/mol. The maximum Gasteiger partial charge on any atom is 0.317 e. The number of carbonyl (C=O) groups excluding carboxylic acids is 2. The van der Waals surface area contributed by atoms with E-state index >= 15 is 0 Å². The summed E-state index contributed by atoms with van der Waals surface area (Å²) in [5.74, 6) is 1.11. The summed E-state index contributed by atoms with van der Waals surface area (Å²) in [6.45, 7) is 5.50. The van der Waals surface area contributed by atoms with Crippen molar-refractivity contribution in [3.63, 3.8) is 0 Å². The second-order valence-corrected chi connectivity index (χ2v) is 7.61. The largest absolute Gasteiger partial charge is 0.370 e. The van der Waals surface area contributed by atoms with Crippen molar-refractivity contribution in [3.05, 3.63) is 29.8 Å². The summed E-state index contributed by atoms with van der Waals surface area (Å²) >= 11 is 1.81. The molecule has 24 heavy (non-hydrogen) atoms. The van der Waals surface area contributed by atoms with Crippen LogP contribution in [0.4, 0.5) is 4.79 Å². The molecule has 0 bridgehead atoms. The molecule has 3 N–H and O–H groups in total. The molecule has 1 heterocycles. The normalized spacial score (nSPS) is 16.7. The number of carbonyl (C=O) groups is 2. The quantitative estimate of drug-likeness (QED) is 0.775. The molecule has 1 aliphatic heterocycles. The van der Waals surface area contributed by atoms with Crippen LogP contribution in [0.3, 0.4) is 0 Å². The number of piperidine rings is 1. The number of nitrogens with zero attached hydrogens (tertiary/aromatic N) is 1. The molecule has 1 aromatic carbocycles. The Kier molecular flexibility index (Phi) is 6.97. The number of nitrogens with two attached hydrogens (primary N) is 1. The first-order valence-corrected chi connectivity index (χ1v) is 9.54. The number of hydrogen-bond acceptors (Lipinski definition) is 3. The average Bonchev–Trinajstić information content (AvgIpc) is 2.56. The van der Waals surface area contributed by atoms with E-state index in [1.807, 2.05) is 23.6 Å². The Morgan fingerprint density at radius 2 is 1.92 bits per heavy atom. The second kappa shape index (κ2) is 8.97. The number of urea groups is 1. The van der Waals surface area contributed by atoms with Crippen LogP contribution in [0.15, 0.2) is 29.2 Å². The van der Waals surface area contributed by atoms with Gasteiger partial charge in [-0.05, 0) is 49.1 Å². The van der Waals surface area contributed by atoms with Gasteiger partial charge in [0.05, 0.1) is 6.04 Å². The van der Waals surface area contributed by atoms with E-state index in [-0.39, 0.29) is 18.0 Å². The molecule has 0 unspecified atom stereocenters. The minimum absolute atomic E-state index is 0.0264. The summed E-state index contributed by atoms with van der Waals surface area (Å²) < 4.78 is 0. The van der Waals surface area contributed by atoms with Crippen LogP contribution < -0.4 is 11.1 Å². The second-order valence-electron chi connectivity index (χ2n) is 6.27. The SMILES string of the molecule is CCSc1ccc([C@H](C)NC(=O)N2CCC(CC(N)=O)CC2)cc1. The van der Waals surface area contributed by atoms with Crippen molar-refractivity contribution in [1.29, 1.82) is 0 Å². The number of primary amides is 1. The highest BCUT2D eigenvalue weighted by Crippen LogP contribution is 2.22. The Morgan fingerprint density at radius 1 is 1.29 bits per heavy atom. The average molecular weight is 350 g/mol. The van der Waals surface area contributed by atoms with Gasteiger partial charge in [0.25, 0.3) is 0 Å². The fourth-order valence-electron chi connectivity index (χ4n) is 3.00. The topological polar surface area (TPSA) is 75.4 Å². The third kappa shape index (κ3) is 5.44. The molecule has 1 aromatic rings. The number of amides is 3. The molecule has 1 atom stereocenters. The molecule has 0 radical (unpaired) electrons. The molecule has 6 heteroatoms. The van der Waals surface area contributed by atoms with Crippen LogP contribution >= 0.6 is 11.8 Å². The fourth-order valence-corrected chi connectivity index (χ4v) is 3.67. The third-order valence-corrected chi connectivity index (χ3v) is 5.32. The van der Waals surface area contributed by atoms with Gasteiger partial charge in [-0.2, -0.15) is 0 Å². The highest BCUT2D eigenvalue weighted by Gasteiger charge is 2.24. The van der Waals surface area contributed by atoms with Crippen LogP contribution in [0.2, 0.25) is 0 Å². The highest BCUT2D eigenvalue weighted by atomic mass is 32.2. The lowest BCUT2D eigenvalue weighted by molar-refractivity contribution is -0.119. The Labute approximate surface area is 148 Å². The first-order chi connectivity index (χ1) is 11.5. The summed E-state index contributed by atoms with van der Waals surface area (Å²) in [6.07, 6.45) is 2.11. The lowest BCUT2D eigenvalue weighted by Crippen LogP contribution is -2.45. The summed E-state index contributed by atoms with van der Waals surface area (Å²) in [5, 5.41) is 3.06. The molecule has 2 rings (SSSR count). The Bertz CT molecular complexity index is 554. The minimum atomic E-state index is -0.254. The van der Waals surface area contributed by atoms with E-state index in [0.29, 0.717) is 25.4 Å². The van der Waals surface area contributed by atoms with Crippen molar-refractivity contribution >= 4 is 23.7 Å². The van der Waals surface area contributed by atoms with Gasteiger partial charge in [-0.25, -0.2) is 4.79 Å². The Morgan fingerprint density at radius 3 is 2.46 bits per heavy atom. The molecule has 0 aliphatic carbocycles. The summed E-state index contributed by atoms with van der Waals surface area (Å²) in [7, 11) is 0. The van der Waals surface area contributed by atoms with Crippen LogP contribution in [0.1, 0.15) is 44.7 Å². The van der Waals surface area contributed by atoms with Crippen LogP contribution in [-0.4, -0.2) is 35.7 Å². The molecule has 1 saturated heterocycles. The molecule has 132 valence electrons. The van der Waals surface area contributed by atoms with E-state index in [9.17, 15) is 9.59 Å². The predicted octanol–water partition coefficient (Wildman–Crippen LogP) is 3.16. The number of nitrogens with one attached hydrogen (secondary N) is 1. The third-order valence-electron chi connectivity index (χ3n) is 4.42. The van der Waals surface area contributed by atoms with Gasteiger partial charge in [0.1, 0.15) is 0 Å². The summed E-state index contributed by atoms with van der Waals surface area (Å²) in [4.78, 5) is 26.5. The van der Waals surface area contributed by atoms with Gasteiger partial charge < -0.3 is 16.0 Å². The summed E-state index contributed by atoms with van der Waals surface area (Å²) in [5.41, 5.74) is 6.35. The van der Waals surface area contributed by atoms with Gasteiger partial charge in [0.15, 0.2) is 0 Å². The highest BCUT2D eigenvalue weighted by molar-refractivity contribution is 7.99. The molecule has 1 aliphatic rings. The lowest BCUT2D eigenvalue weighted by atomic mass is 9.93. The van der Waals surface area contributed by atoms with Crippen molar-refractivity contribution in [2.75, 3.05) is 18.8 Å². The zero-order valence-corrected chi connectivity index (χ0v) is 15.3. The maximum atomic E-state index is 12.4.